The number of carbonyl (C=O) groups excluding carboxylic acids is 2. The predicted octanol–water partition coefficient (Wildman–Crippen LogP) is 2.30. The smallest absolute Gasteiger partial charge is 0.337 e. The lowest BCUT2D eigenvalue weighted by molar-refractivity contribution is -0.525. The van der Waals surface area contributed by atoms with Gasteiger partial charge in [-0.2, -0.15) is 4.74 Å². The normalized spacial score (nSPS) is 23.0. The lowest BCUT2D eigenvalue weighted by atomic mass is 9.82. The molecule has 1 atom stereocenters. The van der Waals surface area contributed by atoms with Crippen LogP contribution in [-0.2, 0) is 9.53 Å². The van der Waals surface area contributed by atoms with Crippen molar-refractivity contribution in [2.75, 3.05) is 7.11 Å². The third-order valence-electron chi connectivity index (χ3n) is 4.00. The first kappa shape index (κ1) is 15.2. The molecule has 0 radical (unpaired) electrons. The van der Waals surface area contributed by atoms with Crippen molar-refractivity contribution >= 4 is 18.0 Å². The highest BCUT2D eigenvalue weighted by Gasteiger charge is 2.42. The van der Waals surface area contributed by atoms with Gasteiger partial charge < -0.3 is 9.94 Å². The first-order valence-corrected chi connectivity index (χ1v) is 7.00. The van der Waals surface area contributed by atoms with Crippen LogP contribution in [0.1, 0.15) is 48.5 Å². The molecule has 0 amide bonds. The highest BCUT2D eigenvalue weighted by Crippen LogP contribution is 2.27. The molecule has 1 saturated carbocycles. The highest BCUT2D eigenvalue weighted by atomic mass is 16.5. The van der Waals surface area contributed by atoms with Crippen molar-refractivity contribution in [3.05, 3.63) is 40.6 Å². The van der Waals surface area contributed by atoms with Crippen molar-refractivity contribution < 1.29 is 19.1 Å². The number of rotatable bonds is 3. The molecule has 1 fully saturated rings. The monoisotopic (exact) mass is 289 g/mol. The third kappa shape index (κ3) is 3.12. The van der Waals surface area contributed by atoms with E-state index < -0.39 is 11.5 Å². The first-order chi connectivity index (χ1) is 9.97. The molecule has 0 unspecified atom stereocenters. The van der Waals surface area contributed by atoms with Gasteiger partial charge in [-0.3, -0.25) is 4.79 Å². The minimum absolute atomic E-state index is 0.00817. The quantitative estimate of drug-likeness (QED) is 0.281. The Morgan fingerprint density at radius 1 is 1.33 bits per heavy atom. The van der Waals surface area contributed by atoms with Crippen molar-refractivity contribution in [3.63, 3.8) is 0 Å². The van der Waals surface area contributed by atoms with E-state index in [0.717, 1.165) is 17.6 Å². The second-order valence-electron chi connectivity index (χ2n) is 5.47. The second-order valence-corrected chi connectivity index (χ2v) is 5.47. The summed E-state index contributed by atoms with van der Waals surface area (Å²) in [4.78, 5) is 23.3. The van der Waals surface area contributed by atoms with Crippen LogP contribution < -0.4 is 0 Å². The zero-order chi connectivity index (χ0) is 15.5. The maximum absolute atomic E-state index is 12.3. The van der Waals surface area contributed by atoms with Gasteiger partial charge in [0.25, 0.3) is 0 Å². The summed E-state index contributed by atoms with van der Waals surface area (Å²) in [5.41, 5.74) is 0.100. The summed E-state index contributed by atoms with van der Waals surface area (Å²) in [6.07, 6.45) is 4.19. The van der Waals surface area contributed by atoms with Crippen molar-refractivity contribution in [3.8, 4) is 0 Å². The van der Waals surface area contributed by atoms with Gasteiger partial charge in [-0.15, -0.1) is 0 Å². The minimum Gasteiger partial charge on any atom is -0.623 e. The zero-order valence-electron chi connectivity index (χ0n) is 12.3. The average molecular weight is 289 g/mol. The van der Waals surface area contributed by atoms with Crippen LogP contribution in [0.3, 0.4) is 0 Å². The Kier molecular flexibility index (Phi) is 4.40. The number of hydrogen-bond acceptors (Lipinski definition) is 4. The molecular weight excluding hydrogens is 270 g/mol. The van der Waals surface area contributed by atoms with E-state index in [1.165, 1.54) is 13.3 Å². The maximum Gasteiger partial charge on any atom is 0.337 e. The summed E-state index contributed by atoms with van der Waals surface area (Å²) in [6.45, 7) is 1.70. The minimum atomic E-state index is -0.973. The first-order valence-electron chi connectivity index (χ1n) is 7.00. The Morgan fingerprint density at radius 3 is 2.57 bits per heavy atom. The molecule has 0 bridgehead atoms. The van der Waals surface area contributed by atoms with Gasteiger partial charge >= 0.3 is 5.97 Å². The Labute approximate surface area is 123 Å². The molecule has 0 heterocycles. The van der Waals surface area contributed by atoms with Gasteiger partial charge in [0.1, 0.15) is 0 Å². The van der Waals surface area contributed by atoms with Crippen LogP contribution in [0.15, 0.2) is 24.3 Å². The van der Waals surface area contributed by atoms with Crippen molar-refractivity contribution in [2.45, 2.75) is 38.1 Å². The molecule has 1 aromatic rings. The van der Waals surface area contributed by atoms with E-state index in [4.69, 9.17) is 0 Å². The lowest BCUT2D eigenvalue weighted by Gasteiger charge is -2.30. The fourth-order valence-corrected chi connectivity index (χ4v) is 2.50. The summed E-state index contributed by atoms with van der Waals surface area (Å²) < 4.78 is 5.37. The summed E-state index contributed by atoms with van der Waals surface area (Å²) in [6, 6.07) is 6.51. The number of Topliss-reactive ketones (excluding diaryl/α,β-unsaturated/α-hetero) is 1. The fraction of sp³-hybridized carbons (Fsp3) is 0.438. The molecule has 0 aliphatic heterocycles. The van der Waals surface area contributed by atoms with Crippen LogP contribution in [0.4, 0.5) is 0 Å². The van der Waals surface area contributed by atoms with E-state index >= 15 is 0 Å². The Hall–Kier alpha value is -2.17. The Bertz CT molecular complexity index is 576. The van der Waals surface area contributed by atoms with E-state index in [1.54, 1.807) is 31.2 Å². The Balaban J connectivity index is 2.22. The van der Waals surface area contributed by atoms with Gasteiger partial charge in [-0.05, 0) is 37.1 Å². The van der Waals surface area contributed by atoms with Crippen LogP contribution in [0.2, 0.25) is 0 Å². The molecule has 1 aliphatic rings. The molecule has 2 rings (SSSR count). The van der Waals surface area contributed by atoms with Crippen LogP contribution >= 0.6 is 0 Å². The number of ether oxygens (including phenoxy) is 1. The van der Waals surface area contributed by atoms with E-state index in [-0.39, 0.29) is 5.78 Å². The average Bonchev–Trinajstić information content (AvgIpc) is 2.50. The summed E-state index contributed by atoms with van der Waals surface area (Å²) in [7, 11) is 1.32. The molecule has 1 aliphatic carbocycles. The number of hydrogen-bond donors (Lipinski definition) is 0. The largest absolute Gasteiger partial charge is 0.623 e. The summed E-state index contributed by atoms with van der Waals surface area (Å²) in [5, 5.41) is 12.3. The molecule has 0 saturated heterocycles. The Morgan fingerprint density at radius 2 is 2.00 bits per heavy atom. The molecule has 21 heavy (non-hydrogen) atoms. The number of carbonyl (C=O) groups is 2. The highest BCUT2D eigenvalue weighted by molar-refractivity contribution is 5.91. The van der Waals surface area contributed by atoms with E-state index in [2.05, 4.69) is 4.74 Å². The fourth-order valence-electron chi connectivity index (χ4n) is 2.50. The number of esters is 1. The number of benzene rings is 1. The van der Waals surface area contributed by atoms with Gasteiger partial charge in [0, 0.05) is 25.3 Å². The van der Waals surface area contributed by atoms with E-state index in [9.17, 15) is 14.8 Å². The van der Waals surface area contributed by atoms with E-state index in [0.29, 0.717) is 24.0 Å². The molecule has 1 aromatic carbocycles. The van der Waals surface area contributed by atoms with Crippen molar-refractivity contribution in [2.24, 2.45) is 0 Å². The van der Waals surface area contributed by atoms with Crippen molar-refractivity contribution in [1.82, 2.24) is 0 Å². The van der Waals surface area contributed by atoms with Gasteiger partial charge in [-0.1, -0.05) is 0 Å². The molecular formula is C16H19NO4. The van der Waals surface area contributed by atoms with Gasteiger partial charge in [0.05, 0.1) is 12.7 Å². The number of methoxy groups -OCH3 is 1. The predicted molar refractivity (Wildman–Crippen MR) is 78.5 cm³/mol. The second kappa shape index (κ2) is 6.08. The van der Waals surface area contributed by atoms with Gasteiger partial charge in [0.15, 0.2) is 6.21 Å². The molecule has 112 valence electrons. The SMILES string of the molecule is COC(=O)c1ccc(C=[N+]([O-])[C@@]2(C)CCCCC2=O)cc1. The molecule has 0 N–H and O–H groups in total. The molecule has 0 spiro atoms. The number of hydroxylamine groups is 1. The van der Waals surface area contributed by atoms with Crippen LogP contribution in [-0.4, -0.2) is 35.4 Å². The van der Waals surface area contributed by atoms with Crippen LogP contribution in [0.5, 0.6) is 0 Å². The van der Waals surface area contributed by atoms with Gasteiger partial charge in [-0.25, -0.2) is 4.79 Å². The van der Waals surface area contributed by atoms with E-state index in [1.807, 2.05) is 0 Å². The maximum atomic E-state index is 12.3. The van der Waals surface area contributed by atoms with Crippen LogP contribution in [0.25, 0.3) is 0 Å². The van der Waals surface area contributed by atoms with Crippen molar-refractivity contribution in [1.29, 1.82) is 0 Å². The topological polar surface area (TPSA) is 69.4 Å². The summed E-state index contributed by atoms with van der Waals surface area (Å²) >= 11 is 0. The number of ketones is 1. The molecule has 5 nitrogen and oxygen atoms in total. The zero-order valence-corrected chi connectivity index (χ0v) is 12.3. The number of nitrogens with zero attached hydrogens (tertiary/aromatic N) is 1. The summed E-state index contributed by atoms with van der Waals surface area (Å²) in [5.74, 6) is -0.430. The van der Waals surface area contributed by atoms with Crippen LogP contribution in [0, 0.1) is 5.21 Å². The molecule has 5 heteroatoms. The standard InChI is InChI=1S/C16H19NO4/c1-16(10-4-3-5-14(16)18)17(20)11-12-6-8-13(9-7-12)15(19)21-2/h6-9,11H,3-5,10H2,1-2H3/t16-/m0/s1. The third-order valence-corrected chi connectivity index (χ3v) is 4.00. The van der Waals surface area contributed by atoms with Gasteiger partial charge in [0.2, 0.25) is 11.3 Å². The lowest BCUT2D eigenvalue weighted by Crippen LogP contribution is -2.46. The molecule has 0 aromatic heterocycles.